The summed E-state index contributed by atoms with van der Waals surface area (Å²) in [6, 6.07) is 7.03. The van der Waals surface area contributed by atoms with Crippen LogP contribution < -0.4 is 5.32 Å². The summed E-state index contributed by atoms with van der Waals surface area (Å²) in [5.74, 6) is 0.890. The number of aromatic nitrogens is 1. The molecule has 1 saturated carbocycles. The summed E-state index contributed by atoms with van der Waals surface area (Å²) in [6.07, 6.45) is 8.35. The topological polar surface area (TPSA) is 17.0 Å². The quantitative estimate of drug-likeness (QED) is 0.856. The summed E-state index contributed by atoms with van der Waals surface area (Å²) in [7, 11) is 0. The molecule has 0 spiro atoms. The number of hydrogen-bond acceptors (Lipinski definition) is 1. The molecule has 1 fully saturated rings. The highest BCUT2D eigenvalue weighted by atomic mass is 35.5. The van der Waals surface area contributed by atoms with E-state index in [0.29, 0.717) is 0 Å². The first-order valence-corrected chi connectivity index (χ1v) is 8.64. The zero-order valence-corrected chi connectivity index (χ0v) is 14.3. The molecule has 1 aromatic heterocycles. The van der Waals surface area contributed by atoms with Gasteiger partial charge < -0.3 is 9.88 Å². The molecule has 1 N–H and O–H groups in total. The van der Waals surface area contributed by atoms with Crippen LogP contribution in [0.3, 0.4) is 0 Å². The van der Waals surface area contributed by atoms with Crippen molar-refractivity contribution >= 4 is 23.3 Å². The van der Waals surface area contributed by atoms with Gasteiger partial charge in [-0.1, -0.05) is 30.9 Å². The number of rotatable bonds is 2. The molecule has 2 heterocycles. The van der Waals surface area contributed by atoms with E-state index in [1.54, 1.807) is 11.3 Å². The molecular weight excluding hydrogens is 292 g/mol. The molecular formula is C19H27ClN2. The van der Waals surface area contributed by atoms with Crippen LogP contribution in [-0.2, 0) is 19.5 Å². The number of hydrogen-bond donors (Lipinski definition) is 1. The Morgan fingerprint density at radius 3 is 2.82 bits per heavy atom. The van der Waals surface area contributed by atoms with Gasteiger partial charge in [-0.3, -0.25) is 0 Å². The maximum absolute atomic E-state index is 3.57. The number of aryl methyl sites for hydroxylation is 1. The molecule has 2 aromatic rings. The van der Waals surface area contributed by atoms with Crippen LogP contribution in [0.4, 0.5) is 0 Å². The SMILES string of the molecule is Cc1ccc2c(c1)c1c(n2CC2CCCCC2)CNCC1.Cl. The molecule has 2 aliphatic rings. The van der Waals surface area contributed by atoms with Gasteiger partial charge in [-0.25, -0.2) is 0 Å². The molecule has 4 rings (SSSR count). The van der Waals surface area contributed by atoms with Crippen LogP contribution in [0.2, 0.25) is 0 Å². The Hall–Kier alpha value is -0.990. The van der Waals surface area contributed by atoms with Gasteiger partial charge in [0.05, 0.1) is 0 Å². The van der Waals surface area contributed by atoms with E-state index in [-0.39, 0.29) is 12.4 Å². The Kier molecular flexibility index (Phi) is 4.79. The van der Waals surface area contributed by atoms with E-state index >= 15 is 0 Å². The van der Waals surface area contributed by atoms with Crippen molar-refractivity contribution in [1.29, 1.82) is 0 Å². The van der Waals surface area contributed by atoms with E-state index in [1.165, 1.54) is 61.5 Å². The van der Waals surface area contributed by atoms with Crippen LogP contribution in [0.1, 0.15) is 48.9 Å². The highest BCUT2D eigenvalue weighted by molar-refractivity contribution is 5.86. The largest absolute Gasteiger partial charge is 0.343 e. The summed E-state index contributed by atoms with van der Waals surface area (Å²) in [5, 5.41) is 5.09. The standard InChI is InChI=1S/C19H26N2.ClH/c1-14-7-8-18-17(11-14)16-9-10-20-12-19(16)21(18)13-15-5-3-2-4-6-15;/h7-8,11,15,20H,2-6,9-10,12-13H2,1H3;1H. The van der Waals surface area contributed by atoms with Crippen LogP contribution in [0, 0.1) is 12.8 Å². The van der Waals surface area contributed by atoms with E-state index in [4.69, 9.17) is 0 Å². The molecule has 1 aliphatic heterocycles. The Labute approximate surface area is 139 Å². The molecule has 0 saturated heterocycles. The lowest BCUT2D eigenvalue weighted by Gasteiger charge is -2.25. The molecule has 2 nitrogen and oxygen atoms in total. The fourth-order valence-electron chi connectivity index (χ4n) is 4.33. The fraction of sp³-hybridized carbons (Fsp3) is 0.579. The zero-order valence-electron chi connectivity index (χ0n) is 13.5. The van der Waals surface area contributed by atoms with Gasteiger partial charge >= 0.3 is 0 Å². The van der Waals surface area contributed by atoms with Crippen molar-refractivity contribution in [2.45, 2.75) is 58.5 Å². The molecule has 0 unspecified atom stereocenters. The van der Waals surface area contributed by atoms with Crippen LogP contribution in [0.5, 0.6) is 0 Å². The summed E-state index contributed by atoms with van der Waals surface area (Å²) in [4.78, 5) is 0. The lowest BCUT2D eigenvalue weighted by molar-refractivity contribution is 0.318. The number of benzene rings is 1. The minimum Gasteiger partial charge on any atom is -0.343 e. The molecule has 0 bridgehead atoms. The second-order valence-corrected chi connectivity index (χ2v) is 6.99. The summed E-state index contributed by atoms with van der Waals surface area (Å²) < 4.78 is 2.65. The molecule has 0 amide bonds. The third kappa shape index (κ3) is 2.79. The Bertz CT molecular complexity index is 653. The van der Waals surface area contributed by atoms with Crippen molar-refractivity contribution in [2.24, 2.45) is 5.92 Å². The van der Waals surface area contributed by atoms with Gasteiger partial charge in [-0.05, 0) is 56.3 Å². The van der Waals surface area contributed by atoms with Crippen molar-refractivity contribution in [3.63, 3.8) is 0 Å². The molecule has 0 atom stereocenters. The highest BCUT2D eigenvalue weighted by Gasteiger charge is 2.22. The van der Waals surface area contributed by atoms with E-state index in [1.807, 2.05) is 0 Å². The maximum atomic E-state index is 3.57. The number of nitrogens with one attached hydrogen (secondary N) is 1. The smallest absolute Gasteiger partial charge is 0.0486 e. The third-order valence-electron chi connectivity index (χ3n) is 5.45. The number of halogens is 1. The van der Waals surface area contributed by atoms with E-state index in [0.717, 1.165) is 19.0 Å². The second-order valence-electron chi connectivity index (χ2n) is 6.99. The van der Waals surface area contributed by atoms with Crippen LogP contribution in [-0.4, -0.2) is 11.1 Å². The van der Waals surface area contributed by atoms with Gasteiger partial charge in [0.2, 0.25) is 0 Å². The van der Waals surface area contributed by atoms with Gasteiger partial charge in [0.1, 0.15) is 0 Å². The monoisotopic (exact) mass is 318 g/mol. The second kappa shape index (κ2) is 6.64. The maximum Gasteiger partial charge on any atom is 0.0486 e. The van der Waals surface area contributed by atoms with Crippen LogP contribution >= 0.6 is 12.4 Å². The fourth-order valence-corrected chi connectivity index (χ4v) is 4.33. The molecule has 3 heteroatoms. The van der Waals surface area contributed by atoms with Crippen LogP contribution in [0.25, 0.3) is 10.9 Å². The first kappa shape index (κ1) is 15.9. The Morgan fingerprint density at radius 1 is 1.18 bits per heavy atom. The predicted molar refractivity (Wildman–Crippen MR) is 95.9 cm³/mol. The summed E-state index contributed by atoms with van der Waals surface area (Å²) in [5.41, 5.74) is 6.04. The van der Waals surface area contributed by atoms with Crippen molar-refractivity contribution in [3.05, 3.63) is 35.0 Å². The van der Waals surface area contributed by atoms with Gasteiger partial charge in [0.15, 0.2) is 0 Å². The average Bonchev–Trinajstić information content (AvgIpc) is 2.82. The Morgan fingerprint density at radius 2 is 2.00 bits per heavy atom. The third-order valence-corrected chi connectivity index (χ3v) is 5.45. The van der Waals surface area contributed by atoms with Gasteiger partial charge in [-0.2, -0.15) is 0 Å². The minimum atomic E-state index is 0. The minimum absolute atomic E-state index is 0. The van der Waals surface area contributed by atoms with Gasteiger partial charge in [0.25, 0.3) is 0 Å². The summed E-state index contributed by atoms with van der Waals surface area (Å²) >= 11 is 0. The van der Waals surface area contributed by atoms with Crippen LogP contribution in [0.15, 0.2) is 18.2 Å². The number of fused-ring (bicyclic) bond motifs is 3. The highest BCUT2D eigenvalue weighted by Crippen LogP contribution is 2.33. The van der Waals surface area contributed by atoms with Crippen molar-refractivity contribution in [1.82, 2.24) is 9.88 Å². The first-order valence-electron chi connectivity index (χ1n) is 8.64. The van der Waals surface area contributed by atoms with Crippen molar-refractivity contribution in [3.8, 4) is 0 Å². The molecule has 22 heavy (non-hydrogen) atoms. The Balaban J connectivity index is 0.00000144. The zero-order chi connectivity index (χ0) is 14.2. The molecule has 120 valence electrons. The van der Waals surface area contributed by atoms with Crippen molar-refractivity contribution in [2.75, 3.05) is 6.54 Å². The first-order chi connectivity index (χ1) is 10.3. The predicted octanol–water partition coefficient (Wildman–Crippen LogP) is 4.60. The number of nitrogens with zero attached hydrogens (tertiary/aromatic N) is 1. The van der Waals surface area contributed by atoms with Gasteiger partial charge in [-0.15, -0.1) is 12.4 Å². The average molecular weight is 319 g/mol. The lowest BCUT2D eigenvalue weighted by Crippen LogP contribution is -2.26. The summed E-state index contributed by atoms with van der Waals surface area (Å²) in [6.45, 7) is 5.63. The molecule has 1 aliphatic carbocycles. The van der Waals surface area contributed by atoms with Crippen molar-refractivity contribution < 1.29 is 0 Å². The van der Waals surface area contributed by atoms with Gasteiger partial charge in [0, 0.05) is 29.7 Å². The molecule has 0 radical (unpaired) electrons. The molecule has 1 aromatic carbocycles. The van der Waals surface area contributed by atoms with E-state index in [9.17, 15) is 0 Å². The normalized spacial score (nSPS) is 19.0. The lowest BCUT2D eigenvalue weighted by atomic mass is 9.89. The van der Waals surface area contributed by atoms with E-state index < -0.39 is 0 Å². The van der Waals surface area contributed by atoms with E-state index in [2.05, 4.69) is 35.0 Å².